The topological polar surface area (TPSA) is 91.8 Å². The minimum Gasteiger partial charge on any atom is -0.475 e. The molecule has 0 radical (unpaired) electrons. The number of nitrogens with one attached hydrogen (secondary N) is 1. The van der Waals surface area contributed by atoms with Gasteiger partial charge in [0.25, 0.3) is 5.91 Å². The Balaban J connectivity index is 0.000000383. The second-order valence-electron chi connectivity index (χ2n) is 8.15. The van der Waals surface area contributed by atoms with Crippen LogP contribution in [0, 0.1) is 0 Å². The number of hydrogen-bond donors (Lipinski definition) is 2. The van der Waals surface area contributed by atoms with Crippen LogP contribution in [0.2, 0.25) is 0 Å². The number of alkyl halides is 3. The predicted octanol–water partition coefficient (Wildman–Crippen LogP) is 3.27. The Morgan fingerprint density at radius 2 is 1.88 bits per heavy atom. The third-order valence-corrected chi connectivity index (χ3v) is 5.61. The van der Waals surface area contributed by atoms with E-state index in [1.807, 2.05) is 48.7 Å². The molecule has 1 spiro atoms. The van der Waals surface area contributed by atoms with Gasteiger partial charge in [0.15, 0.2) is 0 Å². The molecule has 2 atom stereocenters. The Hall–Kier alpha value is -2.98. The Morgan fingerprint density at radius 3 is 2.52 bits per heavy atom. The first-order valence-electron chi connectivity index (χ1n) is 10.6. The van der Waals surface area contributed by atoms with Crippen LogP contribution >= 0.6 is 0 Å². The number of amides is 1. The molecule has 2 N–H and O–H groups in total. The fraction of sp³-hybridized carbons (Fsp3) is 0.435. The van der Waals surface area contributed by atoms with E-state index < -0.39 is 12.1 Å². The van der Waals surface area contributed by atoms with E-state index in [-0.39, 0.29) is 17.6 Å². The average Bonchev–Trinajstić information content (AvgIpc) is 3.16. The fourth-order valence-electron chi connectivity index (χ4n) is 4.08. The van der Waals surface area contributed by atoms with Gasteiger partial charge in [-0.1, -0.05) is 24.3 Å². The van der Waals surface area contributed by atoms with E-state index in [9.17, 15) is 18.0 Å². The van der Waals surface area contributed by atoms with Crippen molar-refractivity contribution in [3.63, 3.8) is 0 Å². The first kappa shape index (κ1) is 24.7. The molecular weight excluding hydrogens is 439 g/mol. The molecule has 0 bridgehead atoms. The smallest absolute Gasteiger partial charge is 0.475 e. The number of hydrogen-bond acceptors (Lipinski definition) is 5. The van der Waals surface area contributed by atoms with Gasteiger partial charge in [-0.05, 0) is 43.5 Å². The van der Waals surface area contributed by atoms with Gasteiger partial charge in [-0.3, -0.25) is 14.7 Å². The summed E-state index contributed by atoms with van der Waals surface area (Å²) in [6.45, 7) is 3.47. The van der Waals surface area contributed by atoms with Gasteiger partial charge in [0.05, 0.1) is 11.3 Å². The van der Waals surface area contributed by atoms with Crippen molar-refractivity contribution in [2.45, 2.75) is 43.6 Å². The van der Waals surface area contributed by atoms with Crippen molar-refractivity contribution < 1.29 is 32.6 Å². The number of pyridine rings is 1. The summed E-state index contributed by atoms with van der Waals surface area (Å²) in [5.41, 5.74) is 1.67. The number of carboxylic acid groups (broad SMARTS) is 1. The molecule has 178 valence electrons. The lowest BCUT2D eigenvalue weighted by molar-refractivity contribution is -0.192. The number of halogens is 3. The monoisotopic (exact) mass is 465 g/mol. The molecule has 0 saturated carbocycles. The van der Waals surface area contributed by atoms with Crippen LogP contribution in [0.15, 0.2) is 54.7 Å². The van der Waals surface area contributed by atoms with Crippen LogP contribution in [0.5, 0.6) is 0 Å². The summed E-state index contributed by atoms with van der Waals surface area (Å²) < 4.78 is 37.9. The summed E-state index contributed by atoms with van der Waals surface area (Å²) in [5, 5.41) is 10.3. The molecule has 0 unspecified atom stereocenters. The van der Waals surface area contributed by atoms with Gasteiger partial charge >= 0.3 is 12.1 Å². The summed E-state index contributed by atoms with van der Waals surface area (Å²) in [5.74, 6) is -2.75. The van der Waals surface area contributed by atoms with E-state index in [0.29, 0.717) is 6.61 Å². The Kier molecular flexibility index (Phi) is 8.04. The number of nitrogens with zero attached hydrogens (tertiary/aromatic N) is 2. The van der Waals surface area contributed by atoms with Crippen LogP contribution in [0.3, 0.4) is 0 Å². The number of aromatic nitrogens is 1. The highest BCUT2D eigenvalue weighted by molar-refractivity contribution is 5.94. The van der Waals surface area contributed by atoms with Gasteiger partial charge in [-0.2, -0.15) is 13.2 Å². The number of ether oxygens (including phenoxy) is 1. The third kappa shape index (κ3) is 7.26. The maximum Gasteiger partial charge on any atom is 0.490 e. The molecule has 1 aromatic carbocycles. The fourth-order valence-corrected chi connectivity index (χ4v) is 4.08. The van der Waals surface area contributed by atoms with Crippen molar-refractivity contribution in [3.8, 4) is 0 Å². The van der Waals surface area contributed by atoms with Gasteiger partial charge in [-0.25, -0.2) is 4.79 Å². The van der Waals surface area contributed by atoms with Gasteiger partial charge in [-0.15, -0.1) is 0 Å². The largest absolute Gasteiger partial charge is 0.490 e. The normalized spacial score (nSPS) is 22.9. The molecule has 2 fully saturated rings. The quantitative estimate of drug-likeness (QED) is 0.720. The van der Waals surface area contributed by atoms with Crippen molar-refractivity contribution >= 4 is 11.9 Å². The number of carbonyl (C=O) groups is 2. The first-order chi connectivity index (χ1) is 15.7. The van der Waals surface area contributed by atoms with Crippen LogP contribution in [-0.2, 0) is 16.1 Å². The minimum atomic E-state index is -5.08. The van der Waals surface area contributed by atoms with Crippen molar-refractivity contribution in [3.05, 3.63) is 66.0 Å². The van der Waals surface area contributed by atoms with Crippen LogP contribution in [0.4, 0.5) is 13.2 Å². The number of rotatable bonds is 4. The molecule has 2 aromatic rings. The Labute approximate surface area is 189 Å². The highest BCUT2D eigenvalue weighted by atomic mass is 19.4. The van der Waals surface area contributed by atoms with E-state index in [0.717, 1.165) is 50.2 Å². The summed E-state index contributed by atoms with van der Waals surface area (Å²) in [6, 6.07) is 15.6. The van der Waals surface area contributed by atoms with E-state index >= 15 is 0 Å². The van der Waals surface area contributed by atoms with E-state index in [1.54, 1.807) is 0 Å². The molecule has 2 saturated heterocycles. The molecule has 33 heavy (non-hydrogen) atoms. The maximum atomic E-state index is 12.5. The van der Waals surface area contributed by atoms with Crippen molar-refractivity contribution in [1.29, 1.82) is 0 Å². The summed E-state index contributed by atoms with van der Waals surface area (Å²) in [7, 11) is 0. The zero-order valence-electron chi connectivity index (χ0n) is 17.9. The van der Waals surface area contributed by atoms with E-state index in [1.165, 1.54) is 0 Å². The number of aliphatic carboxylic acids is 1. The third-order valence-electron chi connectivity index (χ3n) is 5.61. The molecule has 1 aromatic heterocycles. The van der Waals surface area contributed by atoms with Crippen LogP contribution in [-0.4, -0.2) is 64.4 Å². The van der Waals surface area contributed by atoms with E-state index in [4.69, 9.17) is 14.6 Å². The molecule has 1 amide bonds. The summed E-state index contributed by atoms with van der Waals surface area (Å²) in [4.78, 5) is 28.2. The summed E-state index contributed by atoms with van der Waals surface area (Å²) >= 11 is 0. The average molecular weight is 465 g/mol. The number of carbonyl (C=O) groups excluding carboxylic acids is 1. The lowest BCUT2D eigenvalue weighted by Crippen LogP contribution is -2.49. The number of likely N-dealkylation sites (tertiary alicyclic amines) is 1. The molecule has 2 aliphatic heterocycles. The second kappa shape index (κ2) is 10.8. The molecule has 10 heteroatoms. The lowest BCUT2D eigenvalue weighted by Gasteiger charge is -2.38. The van der Waals surface area contributed by atoms with Crippen LogP contribution < -0.4 is 5.32 Å². The second-order valence-corrected chi connectivity index (χ2v) is 8.15. The number of carboxylic acids is 1. The molecule has 0 aliphatic carbocycles. The van der Waals surface area contributed by atoms with Crippen LogP contribution in [0.25, 0.3) is 0 Å². The number of benzene rings is 1. The molecule has 4 rings (SSSR count). The Bertz CT molecular complexity index is 928. The zero-order valence-corrected chi connectivity index (χ0v) is 17.9. The van der Waals surface area contributed by atoms with Crippen molar-refractivity contribution in [2.24, 2.45) is 0 Å². The summed E-state index contributed by atoms with van der Waals surface area (Å²) in [6.07, 6.45) is -0.476. The van der Waals surface area contributed by atoms with Crippen molar-refractivity contribution in [2.75, 3.05) is 19.7 Å². The highest BCUT2D eigenvalue weighted by Gasteiger charge is 2.43. The molecule has 2 aliphatic rings. The standard InChI is InChI=1S/C21H25N3O2.C2HF3O2/c25-20(17-6-2-1-3-7-17)23-18-9-13-26-21(14-18)10-12-24(16-21)15-19-8-4-5-11-22-19;3-2(4,5)1(6)7/h1-8,11,18H,9-10,12-16H2,(H,23,25);(H,6,7)/t18-,21-;/m1./s1. The predicted molar refractivity (Wildman–Crippen MR) is 113 cm³/mol. The molecule has 3 heterocycles. The Morgan fingerprint density at radius 1 is 1.18 bits per heavy atom. The lowest BCUT2D eigenvalue weighted by atomic mass is 9.89. The SMILES string of the molecule is O=C(N[C@@H]1CCO[C@]2(CCN(Cc3ccccn3)C2)C1)c1ccccc1.O=C(O)C(F)(F)F. The van der Waals surface area contributed by atoms with E-state index in [2.05, 4.69) is 21.3 Å². The molecule has 7 nitrogen and oxygen atoms in total. The van der Waals surface area contributed by atoms with Crippen molar-refractivity contribution in [1.82, 2.24) is 15.2 Å². The van der Waals surface area contributed by atoms with Gasteiger partial charge in [0.1, 0.15) is 0 Å². The minimum absolute atomic E-state index is 0.0102. The zero-order chi connectivity index (χ0) is 23.9. The van der Waals surface area contributed by atoms with Gasteiger partial charge < -0.3 is 15.2 Å². The van der Waals surface area contributed by atoms with Gasteiger partial charge in [0, 0.05) is 44.0 Å². The first-order valence-corrected chi connectivity index (χ1v) is 10.6. The highest BCUT2D eigenvalue weighted by Crippen LogP contribution is 2.34. The maximum absolute atomic E-state index is 12.5. The van der Waals surface area contributed by atoms with Crippen LogP contribution in [0.1, 0.15) is 35.3 Å². The molecular formula is C23H26F3N3O4. The van der Waals surface area contributed by atoms with Gasteiger partial charge in [0.2, 0.25) is 0 Å².